The molecule has 0 radical (unpaired) electrons. The third-order valence-electron chi connectivity index (χ3n) is 3.63. The molecule has 142 valence electrons. The van der Waals surface area contributed by atoms with Gasteiger partial charge in [0.15, 0.2) is 0 Å². The highest BCUT2D eigenvalue weighted by atomic mass is 35.5. The zero-order valence-electron chi connectivity index (χ0n) is 14.5. The molecule has 0 aliphatic carbocycles. The molecule has 0 aliphatic heterocycles. The number of hydrogen-bond donors (Lipinski definition) is 2. The summed E-state index contributed by atoms with van der Waals surface area (Å²) in [6.07, 6.45) is 0.973. The molecule has 2 N–H and O–H groups in total. The average Bonchev–Trinajstić information content (AvgIpc) is 2.45. The van der Waals surface area contributed by atoms with Gasteiger partial charge in [-0.3, -0.25) is 9.44 Å². The SMILES string of the molecule is Cc1cc(C)c(S(=O)(=O)Nc2ccc(Cl)cc2F)c(C)c1NS(C)(=O)=O. The summed E-state index contributed by atoms with van der Waals surface area (Å²) in [5.41, 5.74) is 1.11. The number of nitrogens with one attached hydrogen (secondary N) is 2. The molecule has 0 aliphatic rings. The lowest BCUT2D eigenvalue weighted by atomic mass is 10.1. The summed E-state index contributed by atoms with van der Waals surface area (Å²) in [7, 11) is -7.78. The van der Waals surface area contributed by atoms with E-state index in [9.17, 15) is 21.2 Å². The predicted octanol–water partition coefficient (Wildman–Crippen LogP) is 3.58. The largest absolute Gasteiger partial charge is 0.283 e. The van der Waals surface area contributed by atoms with Crippen LogP contribution < -0.4 is 9.44 Å². The summed E-state index contributed by atoms with van der Waals surface area (Å²) < 4.78 is 67.3. The lowest BCUT2D eigenvalue weighted by Gasteiger charge is -2.19. The van der Waals surface area contributed by atoms with Gasteiger partial charge in [-0.2, -0.15) is 0 Å². The predicted molar refractivity (Wildman–Crippen MR) is 101 cm³/mol. The van der Waals surface area contributed by atoms with Crippen LogP contribution in [0.25, 0.3) is 0 Å². The fourth-order valence-electron chi connectivity index (χ4n) is 2.69. The maximum Gasteiger partial charge on any atom is 0.262 e. The van der Waals surface area contributed by atoms with Gasteiger partial charge in [-0.1, -0.05) is 17.7 Å². The van der Waals surface area contributed by atoms with Crippen LogP contribution in [0.5, 0.6) is 0 Å². The molecule has 10 heteroatoms. The molecule has 2 aromatic carbocycles. The number of aryl methyl sites for hydroxylation is 2. The third kappa shape index (κ3) is 4.46. The second-order valence-electron chi connectivity index (χ2n) is 5.94. The Hall–Kier alpha value is -1.84. The molecule has 6 nitrogen and oxygen atoms in total. The van der Waals surface area contributed by atoms with Crippen molar-refractivity contribution >= 4 is 43.0 Å². The Morgan fingerprint density at radius 1 is 0.962 bits per heavy atom. The van der Waals surface area contributed by atoms with Gasteiger partial charge in [-0.25, -0.2) is 21.2 Å². The Morgan fingerprint density at radius 2 is 1.58 bits per heavy atom. The monoisotopic (exact) mass is 420 g/mol. The van der Waals surface area contributed by atoms with Crippen LogP contribution in [0.3, 0.4) is 0 Å². The highest BCUT2D eigenvalue weighted by molar-refractivity contribution is 7.93. The number of sulfonamides is 2. The van der Waals surface area contributed by atoms with Crippen molar-refractivity contribution in [1.82, 2.24) is 0 Å². The maximum absolute atomic E-state index is 14.0. The number of benzene rings is 2. The summed E-state index contributed by atoms with van der Waals surface area (Å²) in [5, 5.41) is 0.132. The molecule has 0 unspecified atom stereocenters. The maximum atomic E-state index is 14.0. The zero-order valence-corrected chi connectivity index (χ0v) is 16.9. The molecular weight excluding hydrogens is 403 g/mol. The van der Waals surface area contributed by atoms with Crippen molar-refractivity contribution in [3.05, 3.63) is 51.8 Å². The van der Waals surface area contributed by atoms with Gasteiger partial charge in [0.2, 0.25) is 10.0 Å². The molecule has 0 atom stereocenters. The van der Waals surface area contributed by atoms with E-state index in [1.54, 1.807) is 19.9 Å². The van der Waals surface area contributed by atoms with Crippen LogP contribution in [0.4, 0.5) is 15.8 Å². The van der Waals surface area contributed by atoms with E-state index in [0.29, 0.717) is 11.1 Å². The number of halogens is 2. The van der Waals surface area contributed by atoms with Gasteiger partial charge < -0.3 is 0 Å². The molecule has 0 spiro atoms. The number of anilines is 2. The molecule has 2 rings (SSSR count). The van der Waals surface area contributed by atoms with Gasteiger partial charge >= 0.3 is 0 Å². The summed E-state index contributed by atoms with van der Waals surface area (Å²) in [5.74, 6) is -0.821. The van der Waals surface area contributed by atoms with E-state index in [1.165, 1.54) is 19.1 Å². The average molecular weight is 421 g/mol. The van der Waals surface area contributed by atoms with Crippen molar-refractivity contribution in [2.24, 2.45) is 0 Å². The topological polar surface area (TPSA) is 92.3 Å². The quantitative estimate of drug-likeness (QED) is 0.773. The Balaban J connectivity index is 2.60. The van der Waals surface area contributed by atoms with Gasteiger partial charge in [0, 0.05) is 5.02 Å². The summed E-state index contributed by atoms with van der Waals surface area (Å²) in [6.45, 7) is 4.73. The molecule has 0 heterocycles. The van der Waals surface area contributed by atoms with E-state index in [2.05, 4.69) is 9.44 Å². The fraction of sp³-hybridized carbons (Fsp3) is 0.250. The van der Waals surface area contributed by atoms with Crippen molar-refractivity contribution in [3.63, 3.8) is 0 Å². The van der Waals surface area contributed by atoms with E-state index >= 15 is 0 Å². The lowest BCUT2D eigenvalue weighted by molar-refractivity contribution is 0.596. The van der Waals surface area contributed by atoms with E-state index in [-0.39, 0.29) is 26.9 Å². The minimum Gasteiger partial charge on any atom is -0.283 e. The molecule has 0 aromatic heterocycles. The smallest absolute Gasteiger partial charge is 0.262 e. The van der Waals surface area contributed by atoms with E-state index in [0.717, 1.165) is 12.3 Å². The Bertz CT molecular complexity index is 1080. The van der Waals surface area contributed by atoms with Gasteiger partial charge in [-0.05, 0) is 55.7 Å². The van der Waals surface area contributed by atoms with Crippen LogP contribution in [0, 0.1) is 26.6 Å². The molecule has 0 saturated heterocycles. The fourth-order valence-corrected chi connectivity index (χ4v) is 5.08. The Labute approximate surface area is 157 Å². The second kappa shape index (κ2) is 7.05. The molecule has 0 saturated carbocycles. The zero-order chi connectivity index (χ0) is 19.9. The van der Waals surface area contributed by atoms with Crippen molar-refractivity contribution in [2.75, 3.05) is 15.7 Å². The van der Waals surface area contributed by atoms with Crippen molar-refractivity contribution < 1.29 is 21.2 Å². The first-order valence-electron chi connectivity index (χ1n) is 7.38. The Morgan fingerprint density at radius 3 is 2.12 bits per heavy atom. The van der Waals surface area contributed by atoms with Crippen LogP contribution in [0.1, 0.15) is 16.7 Å². The highest BCUT2D eigenvalue weighted by Crippen LogP contribution is 2.32. The van der Waals surface area contributed by atoms with Crippen molar-refractivity contribution in [2.45, 2.75) is 25.7 Å². The first-order chi connectivity index (χ1) is 11.8. The van der Waals surface area contributed by atoms with Gasteiger partial charge in [0.1, 0.15) is 5.82 Å². The molecule has 26 heavy (non-hydrogen) atoms. The van der Waals surface area contributed by atoms with Gasteiger partial charge in [0.05, 0.1) is 22.5 Å². The van der Waals surface area contributed by atoms with Gasteiger partial charge in [-0.15, -0.1) is 0 Å². The summed E-state index contributed by atoms with van der Waals surface area (Å²) >= 11 is 5.67. The van der Waals surface area contributed by atoms with E-state index in [1.807, 2.05) is 0 Å². The molecular formula is C16H18ClFN2O4S2. The third-order valence-corrected chi connectivity index (χ3v) is 6.10. The summed E-state index contributed by atoms with van der Waals surface area (Å²) in [4.78, 5) is -0.122. The van der Waals surface area contributed by atoms with Crippen LogP contribution in [-0.2, 0) is 20.0 Å². The summed E-state index contributed by atoms with van der Waals surface area (Å²) in [6, 6.07) is 5.11. The molecule has 0 amide bonds. The normalized spacial score (nSPS) is 12.1. The lowest BCUT2D eigenvalue weighted by Crippen LogP contribution is -2.19. The van der Waals surface area contributed by atoms with Crippen LogP contribution in [0.2, 0.25) is 5.02 Å². The van der Waals surface area contributed by atoms with Crippen LogP contribution in [-0.4, -0.2) is 23.1 Å². The van der Waals surface area contributed by atoms with Crippen molar-refractivity contribution in [3.8, 4) is 0 Å². The molecule has 0 bridgehead atoms. The van der Waals surface area contributed by atoms with Crippen molar-refractivity contribution in [1.29, 1.82) is 0 Å². The van der Waals surface area contributed by atoms with E-state index in [4.69, 9.17) is 11.6 Å². The van der Waals surface area contributed by atoms with Gasteiger partial charge in [0.25, 0.3) is 10.0 Å². The minimum atomic E-state index is -4.17. The van der Waals surface area contributed by atoms with E-state index < -0.39 is 25.9 Å². The first-order valence-corrected chi connectivity index (χ1v) is 11.1. The molecule has 2 aromatic rings. The van der Waals surface area contributed by atoms with Crippen LogP contribution >= 0.6 is 11.6 Å². The number of rotatable bonds is 5. The number of hydrogen-bond acceptors (Lipinski definition) is 4. The van der Waals surface area contributed by atoms with Crippen LogP contribution in [0.15, 0.2) is 29.2 Å². The first kappa shape index (κ1) is 20.5. The standard InChI is InChI=1S/C16H18ClFN2O4S2/c1-9-7-10(2)16(11(3)15(9)20-25(4,21)22)26(23,24)19-14-6-5-12(17)8-13(14)18/h5-8,19-20H,1-4H3. The second-order valence-corrected chi connectivity index (χ2v) is 9.75. The molecule has 0 fully saturated rings. The minimum absolute atomic E-state index is 0.122. The Kier molecular flexibility index (Phi) is 5.55. The highest BCUT2D eigenvalue weighted by Gasteiger charge is 2.25.